The van der Waals surface area contributed by atoms with Crippen LogP contribution in [0.3, 0.4) is 0 Å². The Balaban J connectivity index is 1.55. The molecule has 0 saturated carbocycles. The zero-order chi connectivity index (χ0) is 19.2. The minimum Gasteiger partial charge on any atom is -0.364 e. The number of carbonyl (C=O) groups excluding carboxylic acids is 2. The van der Waals surface area contributed by atoms with E-state index in [4.69, 9.17) is 10.5 Å². The molecule has 27 heavy (non-hydrogen) atoms. The van der Waals surface area contributed by atoms with Crippen LogP contribution in [-0.4, -0.2) is 42.1 Å². The van der Waals surface area contributed by atoms with Crippen LogP contribution in [0.5, 0.6) is 0 Å². The number of carbonyl (C=O) groups is 2. The van der Waals surface area contributed by atoms with Gasteiger partial charge in [-0.25, -0.2) is 4.98 Å². The molecular weight excluding hydrogens is 364 g/mol. The molecule has 1 aromatic carbocycles. The molecule has 4 N–H and O–H groups in total. The normalized spacial score (nSPS) is 19.0. The van der Waals surface area contributed by atoms with E-state index in [2.05, 4.69) is 15.6 Å². The van der Waals surface area contributed by atoms with Crippen LogP contribution in [0.15, 0.2) is 29.6 Å². The van der Waals surface area contributed by atoms with Crippen molar-refractivity contribution in [2.45, 2.75) is 38.4 Å². The number of rotatable bonds is 7. The van der Waals surface area contributed by atoms with E-state index in [9.17, 15) is 9.59 Å². The largest absolute Gasteiger partial charge is 0.364 e. The van der Waals surface area contributed by atoms with Crippen LogP contribution in [0.2, 0.25) is 0 Å². The molecule has 1 saturated heterocycles. The standard InChI is InChI=1S/C19H24N4O3S/c1-12(24)21-9-8-13-2-4-14(5-3-13)16-11-27-19(22-16)23-18(25)17-7-6-15(10-20)26-17/h2-5,11,15,17H,6-10,20H2,1H3,(H,21,24)(H,22,23,25)/t15-,17+/m1/s1. The van der Waals surface area contributed by atoms with Gasteiger partial charge in [-0.1, -0.05) is 24.3 Å². The van der Waals surface area contributed by atoms with E-state index in [0.29, 0.717) is 24.6 Å². The van der Waals surface area contributed by atoms with Gasteiger partial charge in [-0.05, 0) is 24.8 Å². The first-order chi connectivity index (χ1) is 13.0. The molecule has 1 aliphatic rings. The van der Waals surface area contributed by atoms with Gasteiger partial charge in [-0.2, -0.15) is 0 Å². The van der Waals surface area contributed by atoms with Crippen LogP contribution in [0.1, 0.15) is 25.3 Å². The zero-order valence-corrected chi connectivity index (χ0v) is 16.1. The minimum absolute atomic E-state index is 0.0229. The number of amides is 2. The lowest BCUT2D eigenvalue weighted by atomic mass is 10.1. The Kier molecular flexibility index (Phi) is 6.54. The third-order valence-electron chi connectivity index (χ3n) is 4.43. The lowest BCUT2D eigenvalue weighted by Gasteiger charge is -2.11. The fraction of sp³-hybridized carbons (Fsp3) is 0.421. The Morgan fingerprint density at radius 3 is 2.74 bits per heavy atom. The van der Waals surface area contributed by atoms with E-state index in [1.54, 1.807) is 0 Å². The number of hydrogen-bond acceptors (Lipinski definition) is 6. The maximum atomic E-state index is 12.3. The average Bonchev–Trinajstić information content (AvgIpc) is 3.31. The van der Waals surface area contributed by atoms with Gasteiger partial charge in [0.05, 0.1) is 11.8 Å². The molecule has 144 valence electrons. The van der Waals surface area contributed by atoms with Gasteiger partial charge in [0.25, 0.3) is 5.91 Å². The summed E-state index contributed by atoms with van der Waals surface area (Å²) >= 11 is 1.39. The topological polar surface area (TPSA) is 106 Å². The van der Waals surface area contributed by atoms with Crippen LogP contribution in [0.25, 0.3) is 11.3 Å². The first kappa shape index (κ1) is 19.5. The number of hydrogen-bond donors (Lipinski definition) is 3. The summed E-state index contributed by atoms with van der Waals surface area (Å²) in [7, 11) is 0. The van der Waals surface area contributed by atoms with Crippen molar-refractivity contribution in [2.75, 3.05) is 18.4 Å². The number of nitrogens with one attached hydrogen (secondary N) is 2. The number of thiazole rings is 1. The average molecular weight is 388 g/mol. The molecule has 2 atom stereocenters. The number of nitrogens with two attached hydrogens (primary N) is 1. The van der Waals surface area contributed by atoms with Crippen molar-refractivity contribution in [3.63, 3.8) is 0 Å². The molecule has 2 amide bonds. The Bertz CT molecular complexity index is 791. The highest BCUT2D eigenvalue weighted by molar-refractivity contribution is 7.14. The molecule has 0 spiro atoms. The molecule has 2 heterocycles. The zero-order valence-electron chi connectivity index (χ0n) is 15.2. The molecule has 0 aliphatic carbocycles. The van der Waals surface area contributed by atoms with Gasteiger partial charge in [0.1, 0.15) is 6.10 Å². The van der Waals surface area contributed by atoms with Crippen LogP contribution < -0.4 is 16.4 Å². The maximum absolute atomic E-state index is 12.3. The molecule has 7 nitrogen and oxygen atoms in total. The number of nitrogens with zero attached hydrogens (tertiary/aromatic N) is 1. The summed E-state index contributed by atoms with van der Waals surface area (Å²) in [6.45, 7) is 2.57. The monoisotopic (exact) mass is 388 g/mol. The number of anilines is 1. The predicted octanol–water partition coefficient (Wildman–Crippen LogP) is 1.93. The molecule has 1 fully saturated rings. The second-order valence-electron chi connectivity index (χ2n) is 6.52. The van der Waals surface area contributed by atoms with Crippen LogP contribution in [-0.2, 0) is 20.7 Å². The number of benzene rings is 1. The first-order valence-electron chi connectivity index (χ1n) is 9.01. The van der Waals surface area contributed by atoms with Gasteiger partial charge in [0.15, 0.2) is 5.13 Å². The predicted molar refractivity (Wildman–Crippen MR) is 106 cm³/mol. The lowest BCUT2D eigenvalue weighted by molar-refractivity contribution is -0.126. The Morgan fingerprint density at radius 1 is 1.30 bits per heavy atom. The third-order valence-corrected chi connectivity index (χ3v) is 5.19. The Labute approximate surface area is 162 Å². The summed E-state index contributed by atoms with van der Waals surface area (Å²) < 4.78 is 5.61. The summed E-state index contributed by atoms with van der Waals surface area (Å²) in [6.07, 6.45) is 1.80. The van der Waals surface area contributed by atoms with Crippen molar-refractivity contribution in [1.29, 1.82) is 0 Å². The molecule has 1 aromatic heterocycles. The first-order valence-corrected chi connectivity index (χ1v) is 9.89. The van der Waals surface area contributed by atoms with Gasteiger partial charge >= 0.3 is 0 Å². The van der Waals surface area contributed by atoms with E-state index < -0.39 is 6.10 Å². The van der Waals surface area contributed by atoms with Gasteiger partial charge < -0.3 is 15.8 Å². The van der Waals surface area contributed by atoms with Crippen molar-refractivity contribution in [3.8, 4) is 11.3 Å². The number of aromatic nitrogens is 1. The van der Waals surface area contributed by atoms with E-state index in [-0.39, 0.29) is 17.9 Å². The van der Waals surface area contributed by atoms with Gasteiger partial charge in [-0.15, -0.1) is 11.3 Å². The van der Waals surface area contributed by atoms with Crippen molar-refractivity contribution in [1.82, 2.24) is 10.3 Å². The van der Waals surface area contributed by atoms with Crippen LogP contribution in [0, 0.1) is 0 Å². The summed E-state index contributed by atoms with van der Waals surface area (Å²) in [5.41, 5.74) is 8.52. The van der Waals surface area contributed by atoms with Crippen LogP contribution in [0.4, 0.5) is 5.13 Å². The molecule has 1 aliphatic heterocycles. The van der Waals surface area contributed by atoms with E-state index in [1.165, 1.54) is 18.3 Å². The molecule has 8 heteroatoms. The maximum Gasteiger partial charge on any atom is 0.255 e. The van der Waals surface area contributed by atoms with Gasteiger partial charge in [0, 0.05) is 31.0 Å². The highest BCUT2D eigenvalue weighted by Crippen LogP contribution is 2.26. The molecular formula is C19H24N4O3S. The van der Waals surface area contributed by atoms with Gasteiger partial charge in [-0.3, -0.25) is 14.9 Å². The highest BCUT2D eigenvalue weighted by atomic mass is 32.1. The Morgan fingerprint density at radius 2 is 2.07 bits per heavy atom. The second-order valence-corrected chi connectivity index (χ2v) is 7.37. The highest BCUT2D eigenvalue weighted by Gasteiger charge is 2.30. The lowest BCUT2D eigenvalue weighted by Crippen LogP contribution is -2.29. The molecule has 0 unspecified atom stereocenters. The quantitative estimate of drug-likeness (QED) is 0.672. The van der Waals surface area contributed by atoms with E-state index in [0.717, 1.165) is 29.7 Å². The van der Waals surface area contributed by atoms with E-state index >= 15 is 0 Å². The smallest absolute Gasteiger partial charge is 0.255 e. The summed E-state index contributed by atoms with van der Waals surface area (Å²) in [5.74, 6) is -0.189. The molecule has 3 rings (SSSR count). The summed E-state index contributed by atoms with van der Waals surface area (Å²) in [5, 5.41) is 8.09. The van der Waals surface area contributed by atoms with Gasteiger partial charge in [0.2, 0.25) is 5.91 Å². The molecule has 0 radical (unpaired) electrons. The van der Waals surface area contributed by atoms with Crippen molar-refractivity contribution < 1.29 is 14.3 Å². The van der Waals surface area contributed by atoms with E-state index in [1.807, 2.05) is 29.6 Å². The summed E-state index contributed by atoms with van der Waals surface area (Å²) in [6, 6.07) is 8.04. The molecule has 2 aromatic rings. The van der Waals surface area contributed by atoms with Crippen molar-refractivity contribution in [2.24, 2.45) is 5.73 Å². The number of ether oxygens (including phenoxy) is 1. The fourth-order valence-corrected chi connectivity index (χ4v) is 3.67. The second kappa shape index (κ2) is 9.07. The fourth-order valence-electron chi connectivity index (χ4n) is 2.95. The molecule has 0 bridgehead atoms. The van der Waals surface area contributed by atoms with Crippen molar-refractivity contribution in [3.05, 3.63) is 35.2 Å². The minimum atomic E-state index is -0.450. The summed E-state index contributed by atoms with van der Waals surface area (Å²) in [4.78, 5) is 27.7. The van der Waals surface area contributed by atoms with Crippen LogP contribution >= 0.6 is 11.3 Å². The Hall–Kier alpha value is -2.29. The third kappa shape index (κ3) is 5.35. The SMILES string of the molecule is CC(=O)NCCc1ccc(-c2csc(NC(=O)[C@@H]3CC[C@H](CN)O3)n2)cc1. The van der Waals surface area contributed by atoms with Crippen molar-refractivity contribution >= 4 is 28.3 Å².